The first kappa shape index (κ1) is 16.6. The molecule has 0 bridgehead atoms. The van der Waals surface area contributed by atoms with Gasteiger partial charge in [-0.25, -0.2) is 0 Å². The molecular weight excluding hydrogens is 336 g/mol. The van der Waals surface area contributed by atoms with Crippen LogP contribution in [0, 0.1) is 0 Å². The molecule has 3 aromatic rings. The standard InChI is InChI=1S/C17H20N6O3/c1-25-8-6-15-18-16(26-21-15)12-3-2-7-23(10-12)17(24)11-4-5-13-14(9-11)20-22-19-13/h4-5,9,12H,2-3,6-8,10H2,1H3,(H,19,20,22)/t12-/m0/s1. The van der Waals surface area contributed by atoms with Crippen LogP contribution in [0.1, 0.15) is 40.8 Å². The molecule has 1 amide bonds. The molecule has 0 unspecified atom stereocenters. The smallest absolute Gasteiger partial charge is 0.253 e. The Labute approximate surface area is 149 Å². The zero-order valence-corrected chi connectivity index (χ0v) is 14.5. The summed E-state index contributed by atoms with van der Waals surface area (Å²) in [7, 11) is 1.64. The average molecular weight is 356 g/mol. The number of amides is 1. The number of nitrogens with zero attached hydrogens (tertiary/aromatic N) is 5. The Balaban J connectivity index is 1.47. The number of carbonyl (C=O) groups excluding carboxylic acids is 1. The summed E-state index contributed by atoms with van der Waals surface area (Å²) in [5.41, 5.74) is 2.04. The van der Waals surface area contributed by atoms with Crippen molar-refractivity contribution in [1.29, 1.82) is 0 Å². The summed E-state index contributed by atoms with van der Waals surface area (Å²) in [6.07, 6.45) is 2.45. The van der Waals surface area contributed by atoms with Crippen molar-refractivity contribution in [2.75, 3.05) is 26.8 Å². The number of hydrogen-bond donors (Lipinski definition) is 1. The van der Waals surface area contributed by atoms with E-state index >= 15 is 0 Å². The molecule has 1 aliphatic rings. The van der Waals surface area contributed by atoms with E-state index in [4.69, 9.17) is 9.26 Å². The van der Waals surface area contributed by atoms with E-state index in [1.807, 2.05) is 4.90 Å². The van der Waals surface area contributed by atoms with Gasteiger partial charge in [0.1, 0.15) is 11.0 Å². The molecule has 0 aliphatic carbocycles. The monoisotopic (exact) mass is 356 g/mol. The zero-order chi connectivity index (χ0) is 17.9. The van der Waals surface area contributed by atoms with Gasteiger partial charge >= 0.3 is 0 Å². The SMILES string of the molecule is COCCc1noc([C@H]2CCCN(C(=O)c3ccc4n[nH]nc4c3)C2)n1. The minimum absolute atomic E-state index is 0.0151. The molecule has 136 valence electrons. The van der Waals surface area contributed by atoms with Crippen LogP contribution in [0.5, 0.6) is 0 Å². The topological polar surface area (TPSA) is 110 Å². The van der Waals surface area contributed by atoms with Crippen molar-refractivity contribution in [2.45, 2.75) is 25.2 Å². The molecule has 9 heteroatoms. The Hall–Kier alpha value is -2.81. The van der Waals surface area contributed by atoms with Gasteiger partial charge in [0.25, 0.3) is 5.91 Å². The van der Waals surface area contributed by atoms with E-state index in [9.17, 15) is 4.79 Å². The number of likely N-dealkylation sites (tertiary alicyclic amines) is 1. The molecule has 1 N–H and O–H groups in total. The Morgan fingerprint density at radius 1 is 1.38 bits per heavy atom. The van der Waals surface area contributed by atoms with Crippen LogP contribution in [0.25, 0.3) is 11.0 Å². The van der Waals surface area contributed by atoms with Crippen LogP contribution in [0.4, 0.5) is 0 Å². The first-order valence-corrected chi connectivity index (χ1v) is 8.66. The summed E-state index contributed by atoms with van der Waals surface area (Å²) in [6, 6.07) is 5.35. The molecule has 26 heavy (non-hydrogen) atoms. The maximum atomic E-state index is 12.9. The summed E-state index contributed by atoms with van der Waals surface area (Å²) in [5.74, 6) is 1.29. The molecule has 1 saturated heterocycles. The second-order valence-electron chi connectivity index (χ2n) is 6.41. The van der Waals surface area contributed by atoms with Crippen molar-refractivity contribution in [3.63, 3.8) is 0 Å². The maximum absolute atomic E-state index is 12.9. The Morgan fingerprint density at radius 3 is 3.15 bits per heavy atom. The van der Waals surface area contributed by atoms with E-state index in [1.54, 1.807) is 25.3 Å². The minimum atomic E-state index is -0.0151. The number of methoxy groups -OCH3 is 1. The lowest BCUT2D eigenvalue weighted by Crippen LogP contribution is -2.39. The summed E-state index contributed by atoms with van der Waals surface area (Å²) < 4.78 is 10.4. The Bertz CT molecular complexity index is 905. The summed E-state index contributed by atoms with van der Waals surface area (Å²) in [4.78, 5) is 19.2. The quantitative estimate of drug-likeness (QED) is 0.738. The normalized spacial score (nSPS) is 17.7. The molecule has 3 heterocycles. The largest absolute Gasteiger partial charge is 0.384 e. The summed E-state index contributed by atoms with van der Waals surface area (Å²) in [5, 5.41) is 14.6. The van der Waals surface area contributed by atoms with Gasteiger partial charge < -0.3 is 14.2 Å². The predicted molar refractivity (Wildman–Crippen MR) is 91.6 cm³/mol. The lowest BCUT2D eigenvalue weighted by Gasteiger charge is -2.31. The van der Waals surface area contributed by atoms with Crippen molar-refractivity contribution >= 4 is 16.9 Å². The highest BCUT2D eigenvalue weighted by molar-refractivity contribution is 5.97. The highest BCUT2D eigenvalue weighted by atomic mass is 16.5. The Morgan fingerprint density at radius 2 is 2.27 bits per heavy atom. The first-order valence-electron chi connectivity index (χ1n) is 8.66. The third-order valence-electron chi connectivity index (χ3n) is 4.63. The second kappa shape index (κ2) is 7.20. The fourth-order valence-electron chi connectivity index (χ4n) is 3.25. The van der Waals surface area contributed by atoms with E-state index < -0.39 is 0 Å². The first-order chi connectivity index (χ1) is 12.7. The number of benzene rings is 1. The minimum Gasteiger partial charge on any atom is -0.384 e. The lowest BCUT2D eigenvalue weighted by molar-refractivity contribution is 0.0696. The number of nitrogens with one attached hydrogen (secondary N) is 1. The number of ether oxygens (including phenoxy) is 1. The summed E-state index contributed by atoms with van der Waals surface area (Å²) in [6.45, 7) is 1.84. The van der Waals surface area contributed by atoms with Gasteiger partial charge in [-0.05, 0) is 31.0 Å². The van der Waals surface area contributed by atoms with Gasteiger partial charge in [0.05, 0.1) is 12.5 Å². The van der Waals surface area contributed by atoms with Crippen LogP contribution >= 0.6 is 0 Å². The molecule has 9 nitrogen and oxygen atoms in total. The number of aromatic nitrogens is 5. The van der Waals surface area contributed by atoms with E-state index in [0.717, 1.165) is 24.9 Å². The Kier molecular flexibility index (Phi) is 4.61. The molecule has 4 rings (SSSR count). The van der Waals surface area contributed by atoms with Gasteiger partial charge in [0, 0.05) is 32.2 Å². The lowest BCUT2D eigenvalue weighted by atomic mass is 9.97. The van der Waals surface area contributed by atoms with Gasteiger partial charge in [-0.15, -0.1) is 0 Å². The highest BCUT2D eigenvalue weighted by Gasteiger charge is 2.29. The number of rotatable bonds is 5. The molecule has 1 atom stereocenters. The molecule has 1 aliphatic heterocycles. The fraction of sp³-hybridized carbons (Fsp3) is 0.471. The molecule has 0 spiro atoms. The molecule has 1 aromatic carbocycles. The van der Waals surface area contributed by atoms with Crippen LogP contribution in [-0.2, 0) is 11.2 Å². The van der Waals surface area contributed by atoms with Crippen LogP contribution in [0.3, 0.4) is 0 Å². The maximum Gasteiger partial charge on any atom is 0.253 e. The van der Waals surface area contributed by atoms with Gasteiger partial charge in [-0.2, -0.15) is 20.4 Å². The molecular formula is C17H20N6O3. The van der Waals surface area contributed by atoms with Crippen LogP contribution < -0.4 is 0 Å². The van der Waals surface area contributed by atoms with Crippen molar-refractivity contribution in [3.8, 4) is 0 Å². The average Bonchev–Trinajstić information content (AvgIpc) is 3.34. The van der Waals surface area contributed by atoms with Crippen molar-refractivity contribution in [1.82, 2.24) is 30.5 Å². The van der Waals surface area contributed by atoms with E-state index in [1.165, 1.54) is 0 Å². The van der Waals surface area contributed by atoms with E-state index in [-0.39, 0.29) is 11.8 Å². The fourth-order valence-corrected chi connectivity index (χ4v) is 3.25. The van der Waals surface area contributed by atoms with Crippen LogP contribution in [0.15, 0.2) is 22.7 Å². The zero-order valence-electron chi connectivity index (χ0n) is 14.5. The van der Waals surface area contributed by atoms with Crippen molar-refractivity contribution in [3.05, 3.63) is 35.5 Å². The third-order valence-corrected chi connectivity index (χ3v) is 4.63. The molecule has 0 saturated carbocycles. The summed E-state index contributed by atoms with van der Waals surface area (Å²) >= 11 is 0. The van der Waals surface area contributed by atoms with E-state index in [2.05, 4.69) is 25.6 Å². The number of hydrogen-bond acceptors (Lipinski definition) is 7. The molecule has 1 fully saturated rings. The second-order valence-corrected chi connectivity index (χ2v) is 6.41. The van der Waals surface area contributed by atoms with Crippen molar-refractivity contribution < 1.29 is 14.1 Å². The number of carbonyl (C=O) groups is 1. The van der Waals surface area contributed by atoms with Crippen LogP contribution in [0.2, 0.25) is 0 Å². The molecule has 2 aromatic heterocycles. The van der Waals surface area contributed by atoms with Gasteiger partial charge in [0.2, 0.25) is 5.89 Å². The number of H-pyrrole nitrogens is 1. The predicted octanol–water partition coefficient (Wildman–Crippen LogP) is 1.55. The van der Waals surface area contributed by atoms with Gasteiger partial charge in [-0.3, -0.25) is 4.79 Å². The molecule has 0 radical (unpaired) electrons. The number of fused-ring (bicyclic) bond motifs is 1. The third kappa shape index (κ3) is 3.30. The number of piperidine rings is 1. The van der Waals surface area contributed by atoms with Crippen molar-refractivity contribution in [2.24, 2.45) is 0 Å². The van der Waals surface area contributed by atoms with E-state index in [0.29, 0.717) is 42.4 Å². The highest BCUT2D eigenvalue weighted by Crippen LogP contribution is 2.27. The van der Waals surface area contributed by atoms with Crippen LogP contribution in [-0.4, -0.2) is 63.2 Å². The van der Waals surface area contributed by atoms with Gasteiger partial charge in [-0.1, -0.05) is 5.16 Å². The van der Waals surface area contributed by atoms with Gasteiger partial charge in [0.15, 0.2) is 5.82 Å². The number of aromatic amines is 1.